The van der Waals surface area contributed by atoms with Gasteiger partial charge in [-0.1, -0.05) is 6.07 Å². The number of hydrogen-bond acceptors (Lipinski definition) is 5. The molecule has 2 rings (SSSR count). The number of nitrogens with zero attached hydrogens (tertiary/aromatic N) is 2. The zero-order chi connectivity index (χ0) is 12.3. The molecule has 1 heterocycles. The van der Waals surface area contributed by atoms with E-state index in [0.29, 0.717) is 11.8 Å². The molecule has 0 fully saturated rings. The summed E-state index contributed by atoms with van der Waals surface area (Å²) < 4.78 is 10.8. The lowest BCUT2D eigenvalue weighted by Gasteiger charge is -2.05. The third kappa shape index (κ3) is 2.82. The number of rotatable bonds is 4. The maximum absolute atomic E-state index is 5.55. The van der Waals surface area contributed by atoms with Gasteiger partial charge in [0.25, 0.3) is 5.89 Å². The zero-order valence-electron chi connectivity index (χ0n) is 9.93. The van der Waals surface area contributed by atoms with Crippen molar-refractivity contribution in [3.05, 3.63) is 41.1 Å². The lowest BCUT2D eigenvalue weighted by atomic mass is 10.1. The summed E-state index contributed by atoms with van der Waals surface area (Å²) in [6.45, 7) is 4.61. The van der Waals surface area contributed by atoms with Gasteiger partial charge in [0.2, 0.25) is 5.89 Å². The molecular weight excluding hydrogens is 218 g/mol. The van der Waals surface area contributed by atoms with E-state index in [-0.39, 0.29) is 13.2 Å². The first-order valence-electron chi connectivity index (χ1n) is 5.40. The second-order valence-corrected chi connectivity index (χ2v) is 3.83. The fourth-order valence-electron chi connectivity index (χ4n) is 1.38. The van der Waals surface area contributed by atoms with Gasteiger partial charge in [-0.05, 0) is 37.1 Å². The Bertz CT molecular complexity index is 508. The van der Waals surface area contributed by atoms with Gasteiger partial charge in [0.05, 0.1) is 6.54 Å². The molecule has 2 aromatic rings. The molecule has 0 spiro atoms. The third-order valence-corrected chi connectivity index (χ3v) is 2.52. The average molecular weight is 233 g/mol. The van der Waals surface area contributed by atoms with Crippen molar-refractivity contribution in [3.8, 4) is 5.75 Å². The van der Waals surface area contributed by atoms with Crippen LogP contribution in [0.3, 0.4) is 0 Å². The molecule has 0 saturated heterocycles. The van der Waals surface area contributed by atoms with E-state index in [0.717, 1.165) is 5.75 Å². The minimum absolute atomic E-state index is 0.247. The Morgan fingerprint density at radius 2 is 1.94 bits per heavy atom. The minimum Gasteiger partial charge on any atom is -0.484 e. The van der Waals surface area contributed by atoms with Crippen molar-refractivity contribution in [3.63, 3.8) is 0 Å². The van der Waals surface area contributed by atoms with Gasteiger partial charge < -0.3 is 14.9 Å². The summed E-state index contributed by atoms with van der Waals surface area (Å²) in [6, 6.07) is 5.92. The highest BCUT2D eigenvalue weighted by atomic mass is 16.5. The van der Waals surface area contributed by atoms with Crippen molar-refractivity contribution in [1.82, 2.24) is 10.2 Å². The molecule has 0 saturated carbocycles. The molecule has 17 heavy (non-hydrogen) atoms. The Morgan fingerprint density at radius 1 is 1.18 bits per heavy atom. The summed E-state index contributed by atoms with van der Waals surface area (Å²) >= 11 is 0. The van der Waals surface area contributed by atoms with E-state index in [1.54, 1.807) is 0 Å². The van der Waals surface area contributed by atoms with Crippen LogP contribution in [0.2, 0.25) is 0 Å². The highest BCUT2D eigenvalue weighted by Gasteiger charge is 2.05. The second-order valence-electron chi connectivity index (χ2n) is 3.83. The van der Waals surface area contributed by atoms with E-state index in [9.17, 15) is 0 Å². The lowest BCUT2D eigenvalue weighted by molar-refractivity contribution is 0.259. The fourth-order valence-corrected chi connectivity index (χ4v) is 1.38. The number of hydrogen-bond donors (Lipinski definition) is 1. The van der Waals surface area contributed by atoms with Crippen LogP contribution < -0.4 is 10.5 Å². The van der Waals surface area contributed by atoms with Crippen LogP contribution in [0.1, 0.15) is 22.9 Å². The Morgan fingerprint density at radius 3 is 2.59 bits per heavy atom. The Labute approximate surface area is 99.6 Å². The molecule has 0 aliphatic rings. The van der Waals surface area contributed by atoms with E-state index < -0.39 is 0 Å². The third-order valence-electron chi connectivity index (χ3n) is 2.52. The Hall–Kier alpha value is -1.88. The molecule has 0 atom stereocenters. The van der Waals surface area contributed by atoms with E-state index in [1.807, 2.05) is 25.1 Å². The molecule has 5 heteroatoms. The SMILES string of the molecule is Cc1ccc(OCc2nnc(CN)o2)cc1C. The van der Waals surface area contributed by atoms with Crippen LogP contribution in [-0.4, -0.2) is 10.2 Å². The quantitative estimate of drug-likeness (QED) is 0.870. The van der Waals surface area contributed by atoms with Crippen molar-refractivity contribution in [1.29, 1.82) is 0 Å². The highest BCUT2D eigenvalue weighted by Crippen LogP contribution is 2.17. The van der Waals surface area contributed by atoms with Gasteiger partial charge in [0.1, 0.15) is 5.75 Å². The summed E-state index contributed by atoms with van der Waals surface area (Å²) in [6.07, 6.45) is 0. The van der Waals surface area contributed by atoms with Gasteiger partial charge in [-0.25, -0.2) is 0 Å². The number of aryl methyl sites for hydroxylation is 2. The molecule has 5 nitrogen and oxygen atoms in total. The molecule has 0 amide bonds. The average Bonchev–Trinajstić information content (AvgIpc) is 2.79. The van der Waals surface area contributed by atoms with Crippen LogP contribution in [0, 0.1) is 13.8 Å². The Kier molecular flexibility index (Phi) is 3.39. The fraction of sp³-hybridized carbons (Fsp3) is 0.333. The summed E-state index contributed by atoms with van der Waals surface area (Å²) in [4.78, 5) is 0. The van der Waals surface area contributed by atoms with Gasteiger partial charge in [0, 0.05) is 0 Å². The molecular formula is C12H15N3O2. The number of benzene rings is 1. The van der Waals surface area contributed by atoms with Crippen LogP contribution in [0.25, 0.3) is 0 Å². The second kappa shape index (κ2) is 4.97. The Balaban J connectivity index is 1.99. The molecule has 0 aliphatic carbocycles. The van der Waals surface area contributed by atoms with Gasteiger partial charge in [-0.2, -0.15) is 0 Å². The molecule has 0 aliphatic heterocycles. The maximum Gasteiger partial charge on any atom is 0.253 e. The van der Waals surface area contributed by atoms with E-state index >= 15 is 0 Å². The topological polar surface area (TPSA) is 74.2 Å². The summed E-state index contributed by atoms with van der Waals surface area (Å²) in [7, 11) is 0. The number of ether oxygens (including phenoxy) is 1. The molecule has 1 aromatic heterocycles. The smallest absolute Gasteiger partial charge is 0.253 e. The summed E-state index contributed by atoms with van der Waals surface area (Å²) in [5.41, 5.74) is 7.80. The molecule has 90 valence electrons. The first-order valence-corrected chi connectivity index (χ1v) is 5.40. The van der Waals surface area contributed by atoms with Gasteiger partial charge >= 0.3 is 0 Å². The molecule has 2 N–H and O–H groups in total. The number of nitrogens with two attached hydrogens (primary N) is 1. The van der Waals surface area contributed by atoms with Crippen LogP contribution >= 0.6 is 0 Å². The molecule has 0 unspecified atom stereocenters. The van der Waals surface area contributed by atoms with Crippen molar-refractivity contribution in [2.24, 2.45) is 5.73 Å². The largest absolute Gasteiger partial charge is 0.484 e. The molecule has 0 bridgehead atoms. The van der Waals surface area contributed by atoms with Crippen LogP contribution in [0.15, 0.2) is 22.6 Å². The monoisotopic (exact) mass is 233 g/mol. The zero-order valence-corrected chi connectivity index (χ0v) is 9.93. The van der Waals surface area contributed by atoms with E-state index in [1.165, 1.54) is 11.1 Å². The summed E-state index contributed by atoms with van der Waals surface area (Å²) in [5.74, 6) is 1.65. The van der Waals surface area contributed by atoms with Crippen LogP contribution in [0.5, 0.6) is 5.75 Å². The molecule has 0 radical (unpaired) electrons. The first kappa shape index (κ1) is 11.6. The standard InChI is InChI=1S/C12H15N3O2/c1-8-3-4-10(5-9(8)2)16-7-12-15-14-11(6-13)17-12/h3-5H,6-7,13H2,1-2H3. The highest BCUT2D eigenvalue weighted by molar-refractivity contribution is 5.33. The van der Waals surface area contributed by atoms with Crippen molar-refractivity contribution in [2.45, 2.75) is 27.0 Å². The van der Waals surface area contributed by atoms with E-state index in [2.05, 4.69) is 17.1 Å². The summed E-state index contributed by atoms with van der Waals surface area (Å²) in [5, 5.41) is 7.58. The van der Waals surface area contributed by atoms with Crippen molar-refractivity contribution >= 4 is 0 Å². The van der Waals surface area contributed by atoms with Crippen LogP contribution in [0.4, 0.5) is 0 Å². The van der Waals surface area contributed by atoms with Crippen LogP contribution in [-0.2, 0) is 13.2 Å². The normalized spacial score (nSPS) is 10.5. The van der Waals surface area contributed by atoms with Gasteiger partial charge in [-0.15, -0.1) is 10.2 Å². The predicted molar refractivity (Wildman–Crippen MR) is 62.4 cm³/mol. The van der Waals surface area contributed by atoms with Gasteiger partial charge in [-0.3, -0.25) is 0 Å². The number of aromatic nitrogens is 2. The predicted octanol–water partition coefficient (Wildman–Crippen LogP) is 1.72. The van der Waals surface area contributed by atoms with Crippen molar-refractivity contribution in [2.75, 3.05) is 0 Å². The minimum atomic E-state index is 0.247. The lowest BCUT2D eigenvalue weighted by Crippen LogP contribution is -1.96. The maximum atomic E-state index is 5.55. The first-order chi connectivity index (χ1) is 8.19. The molecule has 1 aromatic carbocycles. The van der Waals surface area contributed by atoms with E-state index in [4.69, 9.17) is 14.9 Å². The van der Waals surface area contributed by atoms with Crippen molar-refractivity contribution < 1.29 is 9.15 Å². The van der Waals surface area contributed by atoms with Gasteiger partial charge in [0.15, 0.2) is 6.61 Å².